The largest absolute Gasteiger partial charge is 0.151 e. The zero-order chi connectivity index (χ0) is 70.9. The zero-order valence-corrected chi connectivity index (χ0v) is 65.8. The van der Waals surface area contributed by atoms with E-state index in [0.717, 1.165) is 11.9 Å². The van der Waals surface area contributed by atoms with Crippen LogP contribution in [0.4, 0.5) is 0 Å². The molecular formula is C61H73B35. The number of hydrogen-bond donors (Lipinski definition) is 0. The Hall–Kier alpha value is -5.71. The molecule has 0 heterocycles. The number of hydrogen-bond acceptors (Lipinski definition) is 0. The lowest BCUT2D eigenvalue weighted by molar-refractivity contribution is 1.29. The number of benzene rings is 12. The lowest BCUT2D eigenvalue weighted by Gasteiger charge is -2.33. The minimum Gasteiger partial charge on any atom is -0.116 e. The van der Waals surface area contributed by atoms with E-state index in [1.807, 2.05) is 0 Å². The second kappa shape index (κ2) is 24.0. The second-order valence-corrected chi connectivity index (χ2v) is 31.1. The Labute approximate surface area is 605 Å². The molecule has 0 aliphatic rings. The van der Waals surface area contributed by atoms with Gasteiger partial charge in [-0.15, -0.1) is 44.7 Å². The van der Waals surface area contributed by atoms with Gasteiger partial charge in [-0.1, -0.05) is 153 Å². The van der Waals surface area contributed by atoms with Crippen LogP contribution in [0.2, 0.25) is 0 Å². The topological polar surface area (TPSA) is 0 Å². The molecule has 0 unspecified atom stereocenters. The highest BCUT2D eigenvalue weighted by molar-refractivity contribution is 6.80. The highest BCUT2D eigenvalue weighted by Crippen LogP contribution is 2.36. The standard InChI is InChI=1S/C61H73B35/c1-2-5(62)8(30(65)6(63)3-4-7-9-11-20(41(76)35(7)70)48(83)57(92)49(84)21(11)46(81)44(79)18(9)40(75)29(4)64)17-31(66)24(15-16-26(53(88)56(91)38(15)73)54(89)61(96)60(95)39(16)74)33(68)27(32(17)67)28-34(69)25(52(87)59(94)55(28)90)14-13-10-12-22(43(78)36(13)71)50(85)58(93)51(86)23(12)47(82)45(80)19(10)42(77)37(14)72/h1H,3,62-96H2/b8-5+,30-6-. The van der Waals surface area contributed by atoms with Crippen LogP contribution in [0.5, 0.6) is 0 Å². The lowest BCUT2D eigenvalue weighted by atomic mass is 9.54. The van der Waals surface area contributed by atoms with E-state index in [2.05, 4.69) is 281 Å². The summed E-state index contributed by atoms with van der Waals surface area (Å²) in [5.41, 5.74) is 59.7. The third kappa shape index (κ3) is 9.07. The van der Waals surface area contributed by atoms with Gasteiger partial charge in [-0.25, -0.2) is 0 Å². The molecule has 0 aromatic heterocycles. The molecule has 0 nitrogen and oxygen atoms in total. The van der Waals surface area contributed by atoms with Crippen LogP contribution in [0.25, 0.3) is 114 Å². The van der Waals surface area contributed by atoms with Gasteiger partial charge in [0, 0.05) is 0 Å². The molecule has 422 valence electrons. The van der Waals surface area contributed by atoms with Crippen molar-refractivity contribution in [2.45, 2.75) is 6.42 Å². The molecule has 12 aromatic carbocycles. The Morgan fingerprint density at radius 3 is 0.802 bits per heavy atom. The quantitative estimate of drug-likeness (QED) is 0.0646. The zero-order valence-electron chi connectivity index (χ0n) is 65.8. The average Bonchev–Trinajstić information content (AvgIpc) is 0.686. The Morgan fingerprint density at radius 1 is 0.208 bits per heavy atom. The van der Waals surface area contributed by atoms with E-state index in [0.29, 0.717) is 0 Å². The van der Waals surface area contributed by atoms with E-state index in [1.165, 1.54) is 311 Å². The van der Waals surface area contributed by atoms with Crippen LogP contribution < -0.4 is 175 Å². The smallest absolute Gasteiger partial charge is 0.116 e. The average molecular weight is 1180 g/mol. The second-order valence-electron chi connectivity index (χ2n) is 31.1. The first-order chi connectivity index (χ1) is 44.8. The molecule has 12 aromatic rings. The SMILES string of the molecule is B/C(Cc1c(B)c(B)c2c(B)c(B)c3c(B)c(B)c(B)c4c(B)c(B)c1c2c34)=C(B)/C(=C(/B)C#C)c1c(B)c(-c2c(B)c(B)c(B)c(-c3c(B)c(B)c4c(B)c(B)c5c(B)c(B)c(B)c6c(B)c(B)c3c4c56)c2B)c(B)c(-c2c(B)c(B)c(B)c3c(B)c(B)c(B)c(B)c23)c1B. The summed E-state index contributed by atoms with van der Waals surface area (Å²) in [4.78, 5) is 0. The van der Waals surface area contributed by atoms with Gasteiger partial charge in [0.25, 0.3) is 0 Å². The van der Waals surface area contributed by atoms with Crippen molar-refractivity contribution in [3.63, 3.8) is 0 Å². The van der Waals surface area contributed by atoms with Gasteiger partial charge in [0.2, 0.25) is 0 Å². The summed E-state index contributed by atoms with van der Waals surface area (Å²) in [5, 5.41) is 20.0. The van der Waals surface area contributed by atoms with Gasteiger partial charge in [0.05, 0.1) is 0 Å². The van der Waals surface area contributed by atoms with Crippen LogP contribution in [0.1, 0.15) is 11.1 Å². The maximum absolute atomic E-state index is 6.96. The van der Waals surface area contributed by atoms with Gasteiger partial charge in [0.15, 0.2) is 7.85 Å². The third-order valence-electron chi connectivity index (χ3n) is 27.5. The number of allylic oxidation sites excluding steroid dienone is 4. The van der Waals surface area contributed by atoms with E-state index < -0.39 is 0 Å². The number of fused-ring (bicyclic) bond motifs is 1. The van der Waals surface area contributed by atoms with Crippen LogP contribution in [0, 0.1) is 12.3 Å². The van der Waals surface area contributed by atoms with Gasteiger partial charge < -0.3 is 0 Å². The van der Waals surface area contributed by atoms with Crippen molar-refractivity contribution in [1.29, 1.82) is 0 Å². The summed E-state index contributed by atoms with van der Waals surface area (Å²) in [5.74, 6) is 3.36. The predicted octanol–water partition coefficient (Wildman–Crippen LogP) is -42.4. The Morgan fingerprint density at radius 2 is 0.417 bits per heavy atom. The molecule has 0 aliphatic carbocycles. The Bertz CT molecular complexity index is 5800. The van der Waals surface area contributed by atoms with Gasteiger partial charge >= 0.3 is 0 Å². The Balaban J connectivity index is 1.25. The van der Waals surface area contributed by atoms with Gasteiger partial charge in [-0.3, -0.25) is 0 Å². The van der Waals surface area contributed by atoms with Crippen molar-refractivity contribution in [3.05, 3.63) is 27.5 Å². The molecule has 0 atom stereocenters. The van der Waals surface area contributed by atoms with Crippen LogP contribution in [0.3, 0.4) is 0 Å². The molecule has 0 saturated heterocycles. The van der Waals surface area contributed by atoms with E-state index in [-0.39, 0.29) is 0 Å². The Kier molecular flexibility index (Phi) is 17.5. The highest BCUT2D eigenvalue weighted by Gasteiger charge is 2.33. The summed E-state index contributed by atoms with van der Waals surface area (Å²) >= 11 is 0. The van der Waals surface area contributed by atoms with E-state index in [1.54, 1.807) is 0 Å². The van der Waals surface area contributed by atoms with Crippen molar-refractivity contribution < 1.29 is 0 Å². The van der Waals surface area contributed by atoms with E-state index in [9.17, 15) is 0 Å². The first-order valence-corrected chi connectivity index (χ1v) is 35.7. The minimum atomic E-state index is 0.804. The number of rotatable bonds is 7. The molecule has 0 saturated carbocycles. The molecule has 12 rings (SSSR count). The monoisotopic (exact) mass is 1190 g/mol. The summed E-state index contributed by atoms with van der Waals surface area (Å²) in [6, 6.07) is 0. The summed E-state index contributed by atoms with van der Waals surface area (Å²) in [7, 11) is 83.8. The van der Waals surface area contributed by atoms with Crippen molar-refractivity contribution in [1.82, 2.24) is 0 Å². The van der Waals surface area contributed by atoms with Crippen LogP contribution in [0.15, 0.2) is 16.4 Å². The third-order valence-corrected chi connectivity index (χ3v) is 27.5. The molecule has 35 heteroatoms. The van der Waals surface area contributed by atoms with E-state index in [4.69, 9.17) is 6.42 Å². The van der Waals surface area contributed by atoms with Gasteiger partial charge in [-0.2, -0.15) is 0 Å². The van der Waals surface area contributed by atoms with Gasteiger partial charge in [0.1, 0.15) is 267 Å². The fourth-order valence-electron chi connectivity index (χ4n) is 20.0. The maximum Gasteiger partial charge on any atom is 0.151 e. The minimum absolute atomic E-state index is 0.804. The lowest BCUT2D eigenvalue weighted by Crippen LogP contribution is -2.53. The summed E-state index contributed by atoms with van der Waals surface area (Å²) in [6.07, 6.45) is 7.76. The van der Waals surface area contributed by atoms with Crippen molar-refractivity contribution in [3.8, 4) is 45.7 Å². The molecule has 0 N–H and O–H groups in total. The molecule has 0 bridgehead atoms. The summed E-state index contributed by atoms with van der Waals surface area (Å²) < 4.78 is 0. The molecule has 0 fully saturated rings. The molecule has 96 heavy (non-hydrogen) atoms. The number of terminal acetylenes is 1. The predicted molar refractivity (Wildman–Crippen MR) is 548 cm³/mol. The van der Waals surface area contributed by atoms with Crippen molar-refractivity contribution in [2.24, 2.45) is 0 Å². The highest BCUT2D eigenvalue weighted by atomic mass is 14.3. The fraction of sp³-hybridized carbons (Fsp3) is 0.0164. The van der Waals surface area contributed by atoms with Crippen molar-refractivity contribution in [2.75, 3.05) is 0 Å². The van der Waals surface area contributed by atoms with Gasteiger partial charge in [-0.05, 0) is 137 Å². The molecule has 0 spiro atoms. The van der Waals surface area contributed by atoms with Crippen LogP contribution in [-0.2, 0) is 6.42 Å². The molecular weight excluding hydrogens is 1110 g/mol. The first-order valence-electron chi connectivity index (χ1n) is 35.7. The van der Waals surface area contributed by atoms with Crippen molar-refractivity contribution >= 4 is 530 Å². The van der Waals surface area contributed by atoms with Crippen LogP contribution in [-0.4, -0.2) is 275 Å². The molecule has 0 aliphatic heterocycles. The summed E-state index contributed by atoms with van der Waals surface area (Å²) in [6.45, 7) is 0. The van der Waals surface area contributed by atoms with Crippen LogP contribution >= 0.6 is 0 Å². The first kappa shape index (κ1) is 70.2. The molecule has 0 amide bonds. The normalized spacial score (nSPS) is 12.5. The fourth-order valence-corrected chi connectivity index (χ4v) is 20.0. The molecule has 0 radical (unpaired) electrons. The maximum atomic E-state index is 6.96. The van der Waals surface area contributed by atoms with E-state index >= 15 is 0 Å².